The maximum atomic E-state index is 12.3. The minimum absolute atomic E-state index is 0.111. The van der Waals surface area contributed by atoms with Crippen molar-refractivity contribution in [1.82, 2.24) is 5.32 Å². The van der Waals surface area contributed by atoms with Crippen LogP contribution in [0.25, 0.3) is 0 Å². The molecule has 3 nitrogen and oxygen atoms in total. The van der Waals surface area contributed by atoms with E-state index in [-0.39, 0.29) is 11.3 Å². The van der Waals surface area contributed by atoms with Crippen molar-refractivity contribution in [2.24, 2.45) is 0 Å². The summed E-state index contributed by atoms with van der Waals surface area (Å²) < 4.78 is 29.1. The average Bonchev–Trinajstić information content (AvgIpc) is 2.44. The second-order valence-corrected chi connectivity index (χ2v) is 5.01. The summed E-state index contributed by atoms with van der Waals surface area (Å²) in [5.74, 6) is -0.528. The molecule has 1 amide bonds. The minimum Gasteiger partial charge on any atom is -0.434 e. The van der Waals surface area contributed by atoms with Crippen molar-refractivity contribution in [3.8, 4) is 5.75 Å². The maximum Gasteiger partial charge on any atom is 0.387 e. The first-order chi connectivity index (χ1) is 9.48. The summed E-state index contributed by atoms with van der Waals surface area (Å²) in [6.07, 6.45) is 1.47. The SMILES string of the molecule is CCC(CC)(CBr)NC(=O)c1ccccc1OC(F)F. The number of hydrogen-bond donors (Lipinski definition) is 1. The van der Waals surface area contributed by atoms with Gasteiger partial charge in [0.25, 0.3) is 5.91 Å². The predicted octanol–water partition coefficient (Wildman–Crippen LogP) is 3.97. The molecule has 0 unspecified atom stereocenters. The lowest BCUT2D eigenvalue weighted by atomic mass is 9.95. The van der Waals surface area contributed by atoms with Crippen LogP contribution in [-0.4, -0.2) is 23.4 Å². The molecule has 0 saturated carbocycles. The monoisotopic (exact) mass is 349 g/mol. The van der Waals surface area contributed by atoms with Crippen molar-refractivity contribution in [2.75, 3.05) is 5.33 Å². The van der Waals surface area contributed by atoms with E-state index in [1.807, 2.05) is 13.8 Å². The van der Waals surface area contributed by atoms with Crippen LogP contribution in [-0.2, 0) is 0 Å². The van der Waals surface area contributed by atoms with Gasteiger partial charge >= 0.3 is 6.61 Å². The predicted molar refractivity (Wildman–Crippen MR) is 77.6 cm³/mol. The van der Waals surface area contributed by atoms with Crippen LogP contribution in [0.3, 0.4) is 0 Å². The molecule has 0 fully saturated rings. The molecule has 0 heterocycles. The molecule has 1 aromatic rings. The first-order valence-electron chi connectivity index (χ1n) is 6.40. The molecule has 0 aromatic heterocycles. The van der Waals surface area contributed by atoms with Gasteiger partial charge in [0.1, 0.15) is 5.75 Å². The molecule has 0 spiro atoms. The first-order valence-corrected chi connectivity index (χ1v) is 7.52. The van der Waals surface area contributed by atoms with Crippen LogP contribution >= 0.6 is 15.9 Å². The lowest BCUT2D eigenvalue weighted by molar-refractivity contribution is -0.0501. The van der Waals surface area contributed by atoms with E-state index < -0.39 is 18.1 Å². The molecule has 0 bridgehead atoms. The van der Waals surface area contributed by atoms with Crippen LogP contribution in [0.5, 0.6) is 5.75 Å². The highest BCUT2D eigenvalue weighted by Crippen LogP contribution is 2.23. The summed E-state index contributed by atoms with van der Waals surface area (Å²) in [5.41, 5.74) is -0.283. The second kappa shape index (κ2) is 7.57. The standard InChI is InChI=1S/C14H18BrF2NO2/c1-3-14(4-2,9-15)18-12(19)10-7-5-6-8-11(10)20-13(16)17/h5-8,13H,3-4,9H2,1-2H3,(H,18,19). The number of nitrogens with one attached hydrogen (secondary N) is 1. The summed E-state index contributed by atoms with van der Waals surface area (Å²) >= 11 is 3.39. The Labute approximate surface area is 125 Å². The van der Waals surface area contributed by atoms with Crippen molar-refractivity contribution in [3.05, 3.63) is 29.8 Å². The number of ether oxygens (including phenoxy) is 1. The van der Waals surface area contributed by atoms with Gasteiger partial charge in [-0.25, -0.2) is 0 Å². The van der Waals surface area contributed by atoms with E-state index in [0.29, 0.717) is 5.33 Å². The Hall–Kier alpha value is -1.17. The van der Waals surface area contributed by atoms with Gasteiger partial charge in [0.15, 0.2) is 0 Å². The molecular formula is C14H18BrF2NO2. The largest absolute Gasteiger partial charge is 0.434 e. The summed E-state index contributed by atoms with van der Waals surface area (Å²) in [6.45, 7) is 0.973. The van der Waals surface area contributed by atoms with Gasteiger partial charge in [-0.1, -0.05) is 41.9 Å². The molecule has 0 atom stereocenters. The van der Waals surface area contributed by atoms with E-state index in [4.69, 9.17) is 0 Å². The van der Waals surface area contributed by atoms with E-state index >= 15 is 0 Å². The van der Waals surface area contributed by atoms with Crippen LogP contribution in [0.15, 0.2) is 24.3 Å². The Balaban J connectivity index is 2.97. The molecule has 0 aliphatic carbocycles. The Morgan fingerprint density at radius 3 is 2.45 bits per heavy atom. The molecule has 6 heteroatoms. The lowest BCUT2D eigenvalue weighted by Gasteiger charge is -2.31. The molecular weight excluding hydrogens is 332 g/mol. The Bertz CT molecular complexity index is 442. The topological polar surface area (TPSA) is 38.3 Å². The fourth-order valence-corrected chi connectivity index (χ4v) is 2.74. The van der Waals surface area contributed by atoms with E-state index in [9.17, 15) is 13.6 Å². The van der Waals surface area contributed by atoms with Gasteiger partial charge < -0.3 is 10.1 Å². The Morgan fingerprint density at radius 1 is 1.35 bits per heavy atom. The number of benzene rings is 1. The van der Waals surface area contributed by atoms with Gasteiger partial charge in [-0.2, -0.15) is 8.78 Å². The van der Waals surface area contributed by atoms with E-state index in [1.54, 1.807) is 12.1 Å². The van der Waals surface area contributed by atoms with Crippen LogP contribution in [0.1, 0.15) is 37.0 Å². The van der Waals surface area contributed by atoms with E-state index in [2.05, 4.69) is 26.0 Å². The van der Waals surface area contributed by atoms with E-state index in [1.165, 1.54) is 12.1 Å². The van der Waals surface area contributed by atoms with Crippen LogP contribution in [0, 0.1) is 0 Å². The molecule has 0 saturated heterocycles. The fourth-order valence-electron chi connectivity index (χ4n) is 1.81. The molecule has 1 N–H and O–H groups in total. The zero-order valence-electron chi connectivity index (χ0n) is 11.5. The Morgan fingerprint density at radius 2 is 1.95 bits per heavy atom. The van der Waals surface area contributed by atoms with Crippen LogP contribution in [0.2, 0.25) is 0 Å². The smallest absolute Gasteiger partial charge is 0.387 e. The van der Waals surface area contributed by atoms with Gasteiger partial charge in [-0.3, -0.25) is 4.79 Å². The summed E-state index contributed by atoms with van der Waals surface area (Å²) in [4.78, 5) is 12.3. The number of para-hydroxylation sites is 1. The average molecular weight is 350 g/mol. The third kappa shape index (κ3) is 4.16. The highest BCUT2D eigenvalue weighted by Gasteiger charge is 2.28. The number of rotatable bonds is 7. The fraction of sp³-hybridized carbons (Fsp3) is 0.500. The van der Waals surface area contributed by atoms with E-state index in [0.717, 1.165) is 12.8 Å². The molecule has 1 aromatic carbocycles. The lowest BCUT2D eigenvalue weighted by Crippen LogP contribution is -2.49. The van der Waals surface area contributed by atoms with Gasteiger partial charge in [-0.15, -0.1) is 0 Å². The molecule has 1 rings (SSSR count). The molecule has 112 valence electrons. The van der Waals surface area contributed by atoms with Crippen molar-refractivity contribution < 1.29 is 18.3 Å². The van der Waals surface area contributed by atoms with Gasteiger partial charge in [0.2, 0.25) is 0 Å². The summed E-state index contributed by atoms with van der Waals surface area (Å²) in [5, 5.41) is 3.49. The third-order valence-electron chi connectivity index (χ3n) is 3.34. The minimum atomic E-state index is -2.96. The molecule has 0 aliphatic heterocycles. The van der Waals surface area contributed by atoms with Crippen molar-refractivity contribution >= 4 is 21.8 Å². The number of hydrogen-bond acceptors (Lipinski definition) is 2. The number of carbonyl (C=O) groups is 1. The molecule has 20 heavy (non-hydrogen) atoms. The van der Waals surface area contributed by atoms with Crippen molar-refractivity contribution in [1.29, 1.82) is 0 Å². The molecule has 0 radical (unpaired) electrons. The highest BCUT2D eigenvalue weighted by atomic mass is 79.9. The van der Waals surface area contributed by atoms with Gasteiger partial charge in [0, 0.05) is 10.9 Å². The number of alkyl halides is 3. The van der Waals surface area contributed by atoms with Crippen LogP contribution in [0.4, 0.5) is 8.78 Å². The number of halogens is 3. The van der Waals surface area contributed by atoms with Gasteiger partial charge in [0.05, 0.1) is 5.56 Å². The zero-order chi connectivity index (χ0) is 15.2. The van der Waals surface area contributed by atoms with Gasteiger partial charge in [-0.05, 0) is 25.0 Å². The number of amides is 1. The second-order valence-electron chi connectivity index (χ2n) is 4.45. The maximum absolute atomic E-state index is 12.3. The van der Waals surface area contributed by atoms with Crippen molar-refractivity contribution in [3.63, 3.8) is 0 Å². The molecule has 0 aliphatic rings. The highest BCUT2D eigenvalue weighted by molar-refractivity contribution is 9.09. The first kappa shape index (κ1) is 16.9. The summed E-state index contributed by atoms with van der Waals surface area (Å²) in [7, 11) is 0. The zero-order valence-corrected chi connectivity index (χ0v) is 13.0. The Kier molecular flexibility index (Phi) is 6.39. The number of carbonyl (C=O) groups excluding carboxylic acids is 1. The quantitative estimate of drug-likeness (QED) is 0.756. The third-order valence-corrected chi connectivity index (χ3v) is 4.41. The van der Waals surface area contributed by atoms with Crippen molar-refractivity contribution in [2.45, 2.75) is 38.8 Å². The normalized spacial score (nSPS) is 11.5. The summed E-state index contributed by atoms with van der Waals surface area (Å²) in [6, 6.07) is 5.99. The van der Waals surface area contributed by atoms with Crippen LogP contribution < -0.4 is 10.1 Å².